The SMILES string of the molecule is C=C1CC(c2ccc(C(=C/N)/C(=C(\C)NCC3=C(/C)CC/C=C/C=C\3F)N(/C=C(\C)N)CCC)cc2)N1. The summed E-state index contributed by atoms with van der Waals surface area (Å²) in [5.74, 6) is -0.198. The van der Waals surface area contributed by atoms with Gasteiger partial charge in [0.1, 0.15) is 5.83 Å². The highest BCUT2D eigenvalue weighted by Gasteiger charge is 2.23. The van der Waals surface area contributed by atoms with Crippen LogP contribution in [0.3, 0.4) is 0 Å². The van der Waals surface area contributed by atoms with Crippen molar-refractivity contribution >= 4 is 5.57 Å². The van der Waals surface area contributed by atoms with E-state index in [0.29, 0.717) is 23.9 Å². The first kappa shape index (κ1) is 27.9. The standard InChI is InChI=1S/C31H42FN5/c1-6-16-37(20-22(3)34)31(24(5)35-19-28-21(2)10-8-7-9-11-29(28)32)27(18-33)25-12-14-26(15-13-25)30-17-23(4)36-30/h7,9,11-15,18,20,30,35-36H,4,6,8,10,16-17,19,33-34H2,1-3,5H3/b9-7+,22-20+,27-18-,28-21+,29-11+,31-24-. The highest BCUT2D eigenvalue weighted by atomic mass is 19.1. The minimum Gasteiger partial charge on any atom is -0.404 e. The first-order valence-corrected chi connectivity index (χ1v) is 13.1. The van der Waals surface area contributed by atoms with Crippen LogP contribution in [0, 0.1) is 0 Å². The molecule has 1 aromatic carbocycles. The largest absolute Gasteiger partial charge is 0.404 e. The molecule has 0 bridgehead atoms. The monoisotopic (exact) mass is 503 g/mol. The molecule has 198 valence electrons. The highest BCUT2D eigenvalue weighted by molar-refractivity contribution is 5.79. The third kappa shape index (κ3) is 7.19. The number of rotatable bonds is 10. The molecule has 6 N–H and O–H groups in total. The summed E-state index contributed by atoms with van der Waals surface area (Å²) >= 11 is 0. The molecular formula is C31H42FN5. The lowest BCUT2D eigenvalue weighted by Crippen LogP contribution is -2.32. The topological polar surface area (TPSA) is 79.3 Å². The van der Waals surface area contributed by atoms with E-state index in [1.165, 1.54) is 5.56 Å². The van der Waals surface area contributed by atoms with Crippen molar-refractivity contribution in [2.75, 3.05) is 13.1 Å². The van der Waals surface area contributed by atoms with Crippen molar-refractivity contribution < 1.29 is 4.39 Å². The maximum atomic E-state index is 14.9. The average Bonchev–Trinajstić information content (AvgIpc) is 2.84. The zero-order valence-electron chi connectivity index (χ0n) is 22.7. The second kappa shape index (κ2) is 13.0. The van der Waals surface area contributed by atoms with E-state index in [-0.39, 0.29) is 5.83 Å². The van der Waals surface area contributed by atoms with E-state index < -0.39 is 0 Å². The summed E-state index contributed by atoms with van der Waals surface area (Å²) < 4.78 is 14.9. The summed E-state index contributed by atoms with van der Waals surface area (Å²) in [6.07, 6.45) is 12.5. The molecule has 1 saturated heterocycles. The van der Waals surface area contributed by atoms with E-state index in [2.05, 4.69) is 53.3 Å². The molecule has 0 saturated carbocycles. The van der Waals surface area contributed by atoms with Gasteiger partial charge in [0.2, 0.25) is 0 Å². The van der Waals surface area contributed by atoms with E-state index in [0.717, 1.165) is 66.0 Å². The molecule has 5 nitrogen and oxygen atoms in total. The Bertz CT molecular complexity index is 1150. The van der Waals surface area contributed by atoms with Crippen LogP contribution in [0.5, 0.6) is 0 Å². The number of halogens is 1. The van der Waals surface area contributed by atoms with Crippen molar-refractivity contribution in [3.05, 3.63) is 112 Å². The number of nitrogens with two attached hydrogens (primary N) is 2. The van der Waals surface area contributed by atoms with Crippen molar-refractivity contribution in [2.24, 2.45) is 11.5 Å². The molecule has 3 rings (SSSR count). The molecule has 0 amide bonds. The fraction of sp³-hybridized carbons (Fsp3) is 0.355. The van der Waals surface area contributed by atoms with Gasteiger partial charge in [-0.25, -0.2) is 4.39 Å². The maximum absolute atomic E-state index is 14.9. The molecule has 1 aromatic rings. The third-order valence-electron chi connectivity index (χ3n) is 6.74. The minimum absolute atomic E-state index is 0.198. The quantitative estimate of drug-likeness (QED) is 0.278. The van der Waals surface area contributed by atoms with Crippen molar-refractivity contribution in [1.29, 1.82) is 0 Å². The number of nitrogens with one attached hydrogen (secondary N) is 2. The molecule has 37 heavy (non-hydrogen) atoms. The van der Waals surface area contributed by atoms with Crippen LogP contribution < -0.4 is 22.1 Å². The lowest BCUT2D eigenvalue weighted by molar-refractivity contribution is 0.465. The second-order valence-corrected chi connectivity index (χ2v) is 9.84. The van der Waals surface area contributed by atoms with E-state index in [4.69, 9.17) is 11.5 Å². The van der Waals surface area contributed by atoms with Gasteiger partial charge in [0.25, 0.3) is 0 Å². The van der Waals surface area contributed by atoms with Gasteiger partial charge in [0.05, 0.1) is 11.7 Å². The minimum atomic E-state index is -0.198. The van der Waals surface area contributed by atoms with Crippen molar-refractivity contribution in [3.8, 4) is 0 Å². The van der Waals surface area contributed by atoms with Crippen LogP contribution in [0.4, 0.5) is 4.39 Å². The molecule has 0 aromatic heterocycles. The molecule has 0 spiro atoms. The van der Waals surface area contributed by atoms with Crippen LogP contribution in [0.1, 0.15) is 70.5 Å². The molecule has 2 aliphatic rings. The van der Waals surface area contributed by atoms with Crippen LogP contribution in [0.2, 0.25) is 0 Å². The first-order chi connectivity index (χ1) is 17.7. The van der Waals surface area contributed by atoms with Gasteiger partial charge in [-0.2, -0.15) is 0 Å². The molecule has 1 aliphatic heterocycles. The smallest absolute Gasteiger partial charge is 0.128 e. The number of benzene rings is 1. The summed E-state index contributed by atoms with van der Waals surface area (Å²) in [6, 6.07) is 8.77. The Morgan fingerprint density at radius 1 is 1.27 bits per heavy atom. The predicted molar refractivity (Wildman–Crippen MR) is 154 cm³/mol. The van der Waals surface area contributed by atoms with Gasteiger partial charge in [0.15, 0.2) is 0 Å². The Morgan fingerprint density at radius 2 is 1.97 bits per heavy atom. The molecule has 1 aliphatic carbocycles. The summed E-state index contributed by atoms with van der Waals surface area (Å²) in [5.41, 5.74) is 20.8. The van der Waals surface area contributed by atoms with Gasteiger partial charge in [0, 0.05) is 60.1 Å². The van der Waals surface area contributed by atoms with Crippen LogP contribution in [-0.4, -0.2) is 18.0 Å². The van der Waals surface area contributed by atoms with Gasteiger partial charge in [-0.15, -0.1) is 0 Å². The third-order valence-corrected chi connectivity index (χ3v) is 6.74. The Morgan fingerprint density at radius 3 is 2.57 bits per heavy atom. The predicted octanol–water partition coefficient (Wildman–Crippen LogP) is 6.41. The number of nitrogens with zero attached hydrogens (tertiary/aromatic N) is 1. The zero-order valence-corrected chi connectivity index (χ0v) is 22.7. The first-order valence-electron chi connectivity index (χ1n) is 13.1. The number of hydrogen-bond donors (Lipinski definition) is 4. The summed E-state index contributed by atoms with van der Waals surface area (Å²) in [7, 11) is 0. The van der Waals surface area contributed by atoms with Gasteiger partial charge in [-0.1, -0.05) is 55.5 Å². The van der Waals surface area contributed by atoms with Gasteiger partial charge < -0.3 is 27.0 Å². The van der Waals surface area contributed by atoms with Crippen molar-refractivity contribution in [1.82, 2.24) is 15.5 Å². The number of allylic oxidation sites excluding steroid dienone is 7. The van der Waals surface area contributed by atoms with E-state index in [9.17, 15) is 4.39 Å². The summed E-state index contributed by atoms with van der Waals surface area (Å²) in [4.78, 5) is 2.13. The van der Waals surface area contributed by atoms with Crippen LogP contribution in [-0.2, 0) is 0 Å². The van der Waals surface area contributed by atoms with Crippen LogP contribution >= 0.6 is 0 Å². The van der Waals surface area contributed by atoms with Crippen LogP contribution in [0.15, 0.2) is 101 Å². The number of hydrogen-bond acceptors (Lipinski definition) is 5. The molecule has 6 heteroatoms. The molecule has 1 atom stereocenters. The second-order valence-electron chi connectivity index (χ2n) is 9.84. The van der Waals surface area contributed by atoms with Gasteiger partial charge in [-0.05, 0) is 57.2 Å². The average molecular weight is 504 g/mol. The molecule has 1 unspecified atom stereocenters. The summed E-state index contributed by atoms with van der Waals surface area (Å²) in [5, 5.41) is 6.86. The Labute approximate surface area is 221 Å². The molecule has 1 fully saturated rings. The van der Waals surface area contributed by atoms with E-state index in [1.54, 1.807) is 18.4 Å². The molecule has 1 heterocycles. The van der Waals surface area contributed by atoms with Crippen molar-refractivity contribution in [2.45, 2.75) is 59.4 Å². The van der Waals surface area contributed by atoms with Crippen molar-refractivity contribution in [3.63, 3.8) is 0 Å². The fourth-order valence-corrected chi connectivity index (χ4v) is 4.72. The van der Waals surface area contributed by atoms with E-state index in [1.807, 2.05) is 33.0 Å². The highest BCUT2D eigenvalue weighted by Crippen LogP contribution is 2.33. The van der Waals surface area contributed by atoms with Gasteiger partial charge >= 0.3 is 0 Å². The van der Waals surface area contributed by atoms with Gasteiger partial charge in [-0.3, -0.25) is 0 Å². The summed E-state index contributed by atoms with van der Waals surface area (Å²) in [6.45, 7) is 13.1. The van der Waals surface area contributed by atoms with Crippen LogP contribution in [0.25, 0.3) is 5.57 Å². The molecule has 0 radical (unpaired) electrons. The Balaban J connectivity index is 1.99. The fourth-order valence-electron chi connectivity index (χ4n) is 4.72. The maximum Gasteiger partial charge on any atom is 0.128 e. The normalized spacial score (nSPS) is 23.5. The zero-order chi connectivity index (χ0) is 26.9. The lowest BCUT2D eigenvalue weighted by Gasteiger charge is -2.32. The molecular weight excluding hydrogens is 461 g/mol. The van der Waals surface area contributed by atoms with E-state index >= 15 is 0 Å². The lowest BCUT2D eigenvalue weighted by atomic mass is 9.93. The Hall–Kier alpha value is -3.67. The Kier molecular flexibility index (Phi) is 9.84.